The number of sulfone groups is 1. The molecule has 0 atom stereocenters. The zero-order valence-corrected chi connectivity index (χ0v) is 10.9. The van der Waals surface area contributed by atoms with Gasteiger partial charge in [0, 0.05) is 6.26 Å². The van der Waals surface area contributed by atoms with Crippen LogP contribution in [0.1, 0.15) is 5.56 Å². The summed E-state index contributed by atoms with van der Waals surface area (Å²) in [6.45, 7) is 0. The Hall–Kier alpha value is -0.630. The lowest BCUT2D eigenvalue weighted by atomic mass is 10.1. The number of benzene rings is 1. The smallest absolute Gasteiger partial charge is 0.224 e. The molecule has 0 spiro atoms. The van der Waals surface area contributed by atoms with Gasteiger partial charge in [-0.1, -0.05) is 0 Å². The van der Waals surface area contributed by atoms with E-state index in [2.05, 4.69) is 15.9 Å². The van der Waals surface area contributed by atoms with Crippen molar-refractivity contribution < 1.29 is 26.0 Å². The second kappa shape index (κ2) is 4.56. The van der Waals surface area contributed by atoms with E-state index in [1.54, 1.807) is 0 Å². The molecule has 0 heterocycles. The highest BCUT2D eigenvalue weighted by molar-refractivity contribution is 9.10. The van der Waals surface area contributed by atoms with Crippen molar-refractivity contribution in [2.75, 3.05) is 6.26 Å². The molecule has 0 bridgehead atoms. The van der Waals surface area contributed by atoms with Crippen LogP contribution in [-0.4, -0.2) is 20.8 Å². The summed E-state index contributed by atoms with van der Waals surface area (Å²) in [5.74, 6) is -0.934. The van der Waals surface area contributed by atoms with Crippen molar-refractivity contribution >= 4 is 25.8 Å². The molecular weight excluding hydrogens is 328 g/mol. The monoisotopic (exact) mass is 334 g/mol. The fourth-order valence-electron chi connectivity index (χ4n) is 1.29. The van der Waals surface area contributed by atoms with Crippen molar-refractivity contribution in [1.82, 2.24) is 0 Å². The molecule has 1 rings (SSSR count). The quantitative estimate of drug-likeness (QED) is 0.615. The van der Waals surface area contributed by atoms with Crippen LogP contribution >= 0.6 is 15.9 Å². The Balaban J connectivity index is 3.48. The molecule has 0 aliphatic heterocycles. The fourth-order valence-corrected chi connectivity index (χ4v) is 2.84. The maximum Gasteiger partial charge on any atom is 0.393 e. The number of alkyl halides is 3. The summed E-state index contributed by atoms with van der Waals surface area (Å²) in [6, 6.07) is 1.64. The molecule has 1 aromatic carbocycles. The van der Waals surface area contributed by atoms with Gasteiger partial charge in [0.05, 0.1) is 15.8 Å². The molecule has 0 aromatic heterocycles. The van der Waals surface area contributed by atoms with Gasteiger partial charge >= 0.3 is 6.18 Å². The van der Waals surface area contributed by atoms with E-state index >= 15 is 0 Å². The molecule has 0 N–H and O–H groups in total. The topological polar surface area (TPSA) is 34.1 Å². The molecular formula is C9H7BrF4O2S. The Morgan fingerprint density at radius 1 is 1.29 bits per heavy atom. The highest BCUT2D eigenvalue weighted by Crippen LogP contribution is 2.32. The Morgan fingerprint density at radius 3 is 2.24 bits per heavy atom. The Labute approximate surface area is 104 Å². The van der Waals surface area contributed by atoms with Crippen LogP contribution in [0.15, 0.2) is 21.5 Å². The third kappa shape index (κ3) is 3.67. The second-order valence-corrected chi connectivity index (χ2v) is 6.18. The number of rotatable bonds is 2. The lowest BCUT2D eigenvalue weighted by Crippen LogP contribution is -2.15. The minimum Gasteiger partial charge on any atom is -0.224 e. The van der Waals surface area contributed by atoms with Gasteiger partial charge in [-0.3, -0.25) is 0 Å². The number of halogens is 5. The maximum absolute atomic E-state index is 13.1. The molecule has 17 heavy (non-hydrogen) atoms. The van der Waals surface area contributed by atoms with E-state index in [1.807, 2.05) is 0 Å². The van der Waals surface area contributed by atoms with Crippen molar-refractivity contribution in [2.45, 2.75) is 17.5 Å². The first-order chi connectivity index (χ1) is 7.52. The fraction of sp³-hybridized carbons (Fsp3) is 0.333. The molecule has 1 aromatic rings. The van der Waals surface area contributed by atoms with Gasteiger partial charge in [-0.25, -0.2) is 12.8 Å². The summed E-state index contributed by atoms with van der Waals surface area (Å²) in [4.78, 5) is -0.525. The molecule has 0 unspecified atom stereocenters. The van der Waals surface area contributed by atoms with Gasteiger partial charge in [0.2, 0.25) is 0 Å². The molecule has 0 fully saturated rings. The third-order valence-electron chi connectivity index (χ3n) is 1.93. The van der Waals surface area contributed by atoms with Gasteiger partial charge in [0.1, 0.15) is 5.82 Å². The number of hydrogen-bond donors (Lipinski definition) is 0. The van der Waals surface area contributed by atoms with E-state index in [4.69, 9.17) is 0 Å². The lowest BCUT2D eigenvalue weighted by Gasteiger charge is -2.13. The minimum absolute atomic E-state index is 0.474. The van der Waals surface area contributed by atoms with Gasteiger partial charge in [-0.2, -0.15) is 13.2 Å². The highest BCUT2D eigenvalue weighted by Gasteiger charge is 2.32. The summed E-state index contributed by atoms with van der Waals surface area (Å²) < 4.78 is 72.1. The van der Waals surface area contributed by atoms with Crippen LogP contribution < -0.4 is 0 Å². The van der Waals surface area contributed by atoms with Gasteiger partial charge < -0.3 is 0 Å². The lowest BCUT2D eigenvalue weighted by molar-refractivity contribution is -0.127. The average molecular weight is 335 g/mol. The molecule has 0 saturated carbocycles. The molecule has 0 aliphatic rings. The molecule has 96 valence electrons. The van der Waals surface area contributed by atoms with Crippen LogP contribution in [-0.2, 0) is 16.3 Å². The van der Waals surface area contributed by atoms with Crippen LogP contribution in [0.25, 0.3) is 0 Å². The van der Waals surface area contributed by atoms with Crippen LogP contribution in [0, 0.1) is 5.82 Å². The first-order valence-electron chi connectivity index (χ1n) is 4.26. The van der Waals surface area contributed by atoms with E-state index < -0.39 is 43.2 Å². The van der Waals surface area contributed by atoms with Crippen molar-refractivity contribution in [3.8, 4) is 0 Å². The van der Waals surface area contributed by atoms with E-state index in [-0.39, 0.29) is 0 Å². The standard InChI is InChI=1S/C9H7BrF4O2S/c1-17(15,16)7-3-2-6(11)8(10)5(7)4-9(12,13)14/h2-3H,4H2,1H3. The first-order valence-corrected chi connectivity index (χ1v) is 6.94. The molecule has 0 aliphatic carbocycles. The molecule has 0 radical (unpaired) electrons. The summed E-state index contributed by atoms with van der Waals surface area (Å²) in [7, 11) is -3.84. The van der Waals surface area contributed by atoms with Crippen molar-refractivity contribution in [3.05, 3.63) is 28.0 Å². The van der Waals surface area contributed by atoms with Gasteiger partial charge in [0.25, 0.3) is 0 Å². The van der Waals surface area contributed by atoms with E-state index in [1.165, 1.54) is 0 Å². The first kappa shape index (κ1) is 14.4. The SMILES string of the molecule is CS(=O)(=O)c1ccc(F)c(Br)c1CC(F)(F)F. The van der Waals surface area contributed by atoms with Gasteiger partial charge in [-0.05, 0) is 33.6 Å². The third-order valence-corrected chi connectivity index (χ3v) is 3.97. The van der Waals surface area contributed by atoms with Crippen LogP contribution in [0.4, 0.5) is 17.6 Å². The highest BCUT2D eigenvalue weighted by atomic mass is 79.9. The molecule has 2 nitrogen and oxygen atoms in total. The largest absolute Gasteiger partial charge is 0.393 e. The molecule has 8 heteroatoms. The Bertz CT molecular complexity index is 537. The molecule has 0 amide bonds. The second-order valence-electron chi connectivity index (χ2n) is 3.40. The summed E-state index contributed by atoms with van der Waals surface area (Å²) >= 11 is 2.64. The predicted octanol–water partition coefficient (Wildman–Crippen LogP) is 3.10. The maximum atomic E-state index is 13.1. The van der Waals surface area contributed by atoms with Crippen molar-refractivity contribution in [3.63, 3.8) is 0 Å². The average Bonchev–Trinajstić information content (AvgIpc) is 2.08. The van der Waals surface area contributed by atoms with Crippen molar-refractivity contribution in [2.24, 2.45) is 0 Å². The van der Waals surface area contributed by atoms with Crippen LogP contribution in [0.3, 0.4) is 0 Å². The predicted molar refractivity (Wildman–Crippen MR) is 57.0 cm³/mol. The van der Waals surface area contributed by atoms with Crippen LogP contribution in [0.2, 0.25) is 0 Å². The summed E-state index contributed by atoms with van der Waals surface area (Å²) in [6.07, 6.45) is -5.35. The van der Waals surface area contributed by atoms with E-state index in [0.29, 0.717) is 0 Å². The van der Waals surface area contributed by atoms with Crippen molar-refractivity contribution in [1.29, 1.82) is 0 Å². The zero-order valence-electron chi connectivity index (χ0n) is 8.48. The Morgan fingerprint density at radius 2 is 1.82 bits per heavy atom. The van der Waals surface area contributed by atoms with E-state index in [0.717, 1.165) is 18.4 Å². The van der Waals surface area contributed by atoms with E-state index in [9.17, 15) is 26.0 Å². The number of hydrogen-bond acceptors (Lipinski definition) is 2. The molecule has 0 saturated heterocycles. The van der Waals surface area contributed by atoms with Gasteiger partial charge in [0.15, 0.2) is 9.84 Å². The zero-order chi connectivity index (χ0) is 13.4. The Kier molecular flexibility index (Phi) is 3.87. The summed E-state index contributed by atoms with van der Waals surface area (Å²) in [5.41, 5.74) is -0.611. The normalized spacial score (nSPS) is 12.8. The van der Waals surface area contributed by atoms with Gasteiger partial charge in [-0.15, -0.1) is 0 Å². The minimum atomic E-state index is -4.62. The van der Waals surface area contributed by atoms with Crippen LogP contribution in [0.5, 0.6) is 0 Å². The summed E-state index contributed by atoms with van der Waals surface area (Å²) in [5, 5.41) is 0.